The summed E-state index contributed by atoms with van der Waals surface area (Å²) in [5.74, 6) is -1.55. The smallest absolute Gasteiger partial charge is 0.327 e. The minimum atomic E-state index is -0.939. The van der Waals surface area contributed by atoms with Crippen molar-refractivity contribution in [3.63, 3.8) is 0 Å². The third kappa shape index (κ3) is 4.75. The molecule has 1 rings (SSSR count). The minimum absolute atomic E-state index is 0.133. The molecule has 0 radical (unpaired) electrons. The number of halogens is 1. The number of carbonyl (C=O) groups is 1. The van der Waals surface area contributed by atoms with Crippen LogP contribution in [-0.2, 0) is 9.53 Å². The first-order valence-electron chi connectivity index (χ1n) is 5.98. The standard InChI is InChI=1S/C12H15FN4O3/c1-2-20-12(19)11(15-3-4-16-17-14)8-5-9(13)7-10(18)6-8/h5-7,11,15,18H,2-4H2,1H3. The molecule has 0 fully saturated rings. The Hall–Kier alpha value is -2.31. The average molecular weight is 282 g/mol. The number of phenolic OH excluding ortho intramolecular Hbond substituents is 1. The Bertz CT molecular complexity index is 497. The van der Waals surface area contributed by atoms with Crippen LogP contribution in [0, 0.1) is 5.82 Å². The van der Waals surface area contributed by atoms with Crippen LogP contribution in [0.15, 0.2) is 23.3 Å². The van der Waals surface area contributed by atoms with Gasteiger partial charge in [-0.25, -0.2) is 9.18 Å². The molecular weight excluding hydrogens is 267 g/mol. The number of ether oxygens (including phenoxy) is 1. The number of hydrogen-bond donors (Lipinski definition) is 2. The minimum Gasteiger partial charge on any atom is -0.508 e. The molecule has 0 spiro atoms. The van der Waals surface area contributed by atoms with Gasteiger partial charge in [-0.05, 0) is 30.2 Å². The lowest BCUT2D eigenvalue weighted by molar-refractivity contribution is -0.145. The number of esters is 1. The number of nitrogens with zero attached hydrogens (tertiary/aromatic N) is 3. The predicted molar refractivity (Wildman–Crippen MR) is 69.5 cm³/mol. The second-order valence-corrected chi connectivity index (χ2v) is 3.84. The molecule has 0 bridgehead atoms. The van der Waals surface area contributed by atoms with Crippen LogP contribution in [0.2, 0.25) is 0 Å². The van der Waals surface area contributed by atoms with Gasteiger partial charge in [0.15, 0.2) is 0 Å². The fourth-order valence-corrected chi connectivity index (χ4v) is 1.63. The molecular formula is C12H15FN4O3. The number of benzene rings is 1. The summed E-state index contributed by atoms with van der Waals surface area (Å²) in [5.41, 5.74) is 8.41. The molecule has 0 aliphatic heterocycles. The van der Waals surface area contributed by atoms with Crippen LogP contribution < -0.4 is 5.32 Å². The Morgan fingerprint density at radius 1 is 1.60 bits per heavy atom. The molecule has 0 amide bonds. The Morgan fingerprint density at radius 3 is 2.95 bits per heavy atom. The molecule has 1 unspecified atom stereocenters. The van der Waals surface area contributed by atoms with E-state index in [1.165, 1.54) is 6.07 Å². The molecule has 7 nitrogen and oxygen atoms in total. The van der Waals surface area contributed by atoms with Gasteiger partial charge in [-0.2, -0.15) is 0 Å². The van der Waals surface area contributed by atoms with E-state index in [0.717, 1.165) is 12.1 Å². The van der Waals surface area contributed by atoms with E-state index < -0.39 is 17.8 Å². The van der Waals surface area contributed by atoms with Crippen molar-refractivity contribution in [2.24, 2.45) is 5.11 Å². The van der Waals surface area contributed by atoms with E-state index in [1.54, 1.807) is 6.92 Å². The molecule has 0 heterocycles. The first-order valence-corrected chi connectivity index (χ1v) is 5.98. The zero-order valence-corrected chi connectivity index (χ0v) is 10.9. The van der Waals surface area contributed by atoms with E-state index in [1.807, 2.05) is 0 Å². The molecule has 0 saturated heterocycles. The average Bonchev–Trinajstić information content (AvgIpc) is 2.37. The van der Waals surface area contributed by atoms with Crippen LogP contribution in [-0.4, -0.2) is 30.8 Å². The van der Waals surface area contributed by atoms with Crippen molar-refractivity contribution < 1.29 is 19.0 Å². The third-order valence-electron chi connectivity index (χ3n) is 2.38. The normalized spacial score (nSPS) is 11.5. The summed E-state index contributed by atoms with van der Waals surface area (Å²) in [4.78, 5) is 14.4. The number of azide groups is 1. The number of carbonyl (C=O) groups excluding carboxylic acids is 1. The Labute approximate surface area is 115 Å². The lowest BCUT2D eigenvalue weighted by Crippen LogP contribution is -2.32. The molecule has 0 aliphatic carbocycles. The van der Waals surface area contributed by atoms with Crippen LogP contribution in [0.25, 0.3) is 10.4 Å². The summed E-state index contributed by atoms with van der Waals surface area (Å²) in [6.07, 6.45) is 0. The van der Waals surface area contributed by atoms with Crippen molar-refractivity contribution in [1.82, 2.24) is 5.32 Å². The lowest BCUT2D eigenvalue weighted by atomic mass is 10.1. The van der Waals surface area contributed by atoms with Gasteiger partial charge < -0.3 is 15.2 Å². The maximum absolute atomic E-state index is 13.3. The zero-order valence-electron chi connectivity index (χ0n) is 10.9. The van der Waals surface area contributed by atoms with E-state index in [2.05, 4.69) is 15.3 Å². The zero-order chi connectivity index (χ0) is 15.0. The number of nitrogens with one attached hydrogen (secondary N) is 1. The summed E-state index contributed by atoms with van der Waals surface area (Å²) >= 11 is 0. The number of hydrogen-bond acceptors (Lipinski definition) is 5. The van der Waals surface area contributed by atoms with Crippen molar-refractivity contribution in [3.8, 4) is 5.75 Å². The maximum atomic E-state index is 13.3. The van der Waals surface area contributed by atoms with E-state index in [9.17, 15) is 14.3 Å². The van der Waals surface area contributed by atoms with E-state index >= 15 is 0 Å². The summed E-state index contributed by atoms with van der Waals surface area (Å²) < 4.78 is 18.2. The van der Waals surface area contributed by atoms with Crippen molar-refractivity contribution >= 4 is 5.97 Å². The largest absolute Gasteiger partial charge is 0.508 e. The monoisotopic (exact) mass is 282 g/mol. The van der Waals surface area contributed by atoms with E-state index in [0.29, 0.717) is 0 Å². The van der Waals surface area contributed by atoms with E-state index in [4.69, 9.17) is 10.3 Å². The van der Waals surface area contributed by atoms with Crippen LogP contribution >= 0.6 is 0 Å². The first kappa shape index (κ1) is 15.7. The highest BCUT2D eigenvalue weighted by Crippen LogP contribution is 2.21. The fourth-order valence-electron chi connectivity index (χ4n) is 1.63. The molecule has 0 aromatic heterocycles. The van der Waals surface area contributed by atoms with Gasteiger partial charge in [-0.15, -0.1) is 0 Å². The second kappa shape index (κ2) is 7.98. The summed E-state index contributed by atoms with van der Waals surface area (Å²) in [5, 5.41) is 15.5. The van der Waals surface area contributed by atoms with Crippen molar-refractivity contribution in [2.75, 3.05) is 19.7 Å². The molecule has 8 heteroatoms. The number of phenols is 1. The SMILES string of the molecule is CCOC(=O)C(NCCN=[N+]=[N-])c1cc(O)cc(F)c1. The highest BCUT2D eigenvalue weighted by Gasteiger charge is 2.22. The van der Waals surface area contributed by atoms with Gasteiger partial charge in [0.05, 0.1) is 6.61 Å². The van der Waals surface area contributed by atoms with Gasteiger partial charge in [0, 0.05) is 24.1 Å². The highest BCUT2D eigenvalue weighted by atomic mass is 19.1. The topological polar surface area (TPSA) is 107 Å². The molecule has 1 aromatic rings. The second-order valence-electron chi connectivity index (χ2n) is 3.84. The van der Waals surface area contributed by atoms with Crippen LogP contribution in [0.5, 0.6) is 5.75 Å². The number of rotatable bonds is 7. The Balaban J connectivity index is 2.90. The molecule has 20 heavy (non-hydrogen) atoms. The van der Waals surface area contributed by atoms with Crippen molar-refractivity contribution in [2.45, 2.75) is 13.0 Å². The molecule has 1 aromatic carbocycles. The quantitative estimate of drug-likeness (QED) is 0.262. The van der Waals surface area contributed by atoms with Gasteiger partial charge >= 0.3 is 5.97 Å². The molecule has 0 saturated carbocycles. The van der Waals surface area contributed by atoms with Crippen LogP contribution in [0.3, 0.4) is 0 Å². The first-order chi connectivity index (χ1) is 9.58. The summed E-state index contributed by atoms with van der Waals surface area (Å²) in [6, 6.07) is 2.39. The molecule has 0 aliphatic rings. The van der Waals surface area contributed by atoms with Crippen LogP contribution in [0.4, 0.5) is 4.39 Å². The summed E-state index contributed by atoms with van der Waals surface area (Å²) in [7, 11) is 0. The summed E-state index contributed by atoms with van der Waals surface area (Å²) in [6.45, 7) is 2.17. The van der Waals surface area contributed by atoms with Gasteiger partial charge in [-0.3, -0.25) is 0 Å². The Morgan fingerprint density at radius 2 is 2.35 bits per heavy atom. The van der Waals surface area contributed by atoms with Gasteiger partial charge in [0.25, 0.3) is 0 Å². The van der Waals surface area contributed by atoms with Gasteiger partial charge in [0.2, 0.25) is 0 Å². The third-order valence-corrected chi connectivity index (χ3v) is 2.38. The molecule has 1 atom stereocenters. The van der Waals surface area contributed by atoms with Gasteiger partial charge in [0.1, 0.15) is 17.6 Å². The van der Waals surface area contributed by atoms with Gasteiger partial charge in [-0.1, -0.05) is 5.11 Å². The maximum Gasteiger partial charge on any atom is 0.327 e. The van der Waals surface area contributed by atoms with E-state index in [-0.39, 0.29) is 31.0 Å². The van der Waals surface area contributed by atoms with Crippen molar-refractivity contribution in [3.05, 3.63) is 40.0 Å². The Kier molecular flexibility index (Phi) is 6.28. The molecule has 2 N–H and O–H groups in total. The van der Waals surface area contributed by atoms with Crippen molar-refractivity contribution in [1.29, 1.82) is 0 Å². The predicted octanol–water partition coefficient (Wildman–Crippen LogP) is 2.04. The fraction of sp³-hybridized carbons (Fsp3) is 0.417. The number of aromatic hydroxyl groups is 1. The lowest BCUT2D eigenvalue weighted by Gasteiger charge is -2.17. The molecule has 108 valence electrons. The van der Waals surface area contributed by atoms with Crippen LogP contribution in [0.1, 0.15) is 18.5 Å². The highest BCUT2D eigenvalue weighted by molar-refractivity contribution is 5.77.